The fourth-order valence-corrected chi connectivity index (χ4v) is 1.91. The Labute approximate surface area is 118 Å². The Kier molecular flexibility index (Phi) is 4.85. The van der Waals surface area contributed by atoms with Gasteiger partial charge in [-0.15, -0.1) is 0 Å². The molecular formula is C16H18O4. The number of para-hydroxylation sites is 1. The Morgan fingerprint density at radius 1 is 1.05 bits per heavy atom. The first-order valence-corrected chi connectivity index (χ1v) is 6.48. The van der Waals surface area contributed by atoms with Gasteiger partial charge in [-0.2, -0.15) is 0 Å². The highest BCUT2D eigenvalue weighted by molar-refractivity contribution is 5.54. The molecular weight excluding hydrogens is 256 g/mol. The summed E-state index contributed by atoms with van der Waals surface area (Å²) < 4.78 is 10.8. The summed E-state index contributed by atoms with van der Waals surface area (Å²) in [6, 6.07) is 12.8. The Morgan fingerprint density at radius 3 is 2.40 bits per heavy atom. The van der Waals surface area contributed by atoms with E-state index in [-0.39, 0.29) is 12.4 Å². The van der Waals surface area contributed by atoms with Crippen LogP contribution in [0.2, 0.25) is 0 Å². The van der Waals surface area contributed by atoms with Crippen molar-refractivity contribution in [3.63, 3.8) is 0 Å². The van der Waals surface area contributed by atoms with Crippen molar-refractivity contribution in [1.29, 1.82) is 0 Å². The fraction of sp³-hybridized carbons (Fsp3) is 0.250. The molecule has 0 unspecified atom stereocenters. The Morgan fingerprint density at radius 2 is 1.75 bits per heavy atom. The lowest BCUT2D eigenvalue weighted by atomic mass is 10.1. The van der Waals surface area contributed by atoms with Crippen LogP contribution in [0.25, 0.3) is 0 Å². The van der Waals surface area contributed by atoms with Gasteiger partial charge in [0, 0.05) is 6.61 Å². The van der Waals surface area contributed by atoms with Crippen molar-refractivity contribution in [2.24, 2.45) is 0 Å². The average molecular weight is 274 g/mol. The first-order chi connectivity index (χ1) is 9.74. The summed E-state index contributed by atoms with van der Waals surface area (Å²) in [5.74, 6) is 1.34. The van der Waals surface area contributed by atoms with Crippen molar-refractivity contribution in [3.05, 3.63) is 48.0 Å². The molecule has 0 saturated carbocycles. The number of hydrogen-bond donors (Lipinski definition) is 2. The van der Waals surface area contributed by atoms with Gasteiger partial charge in [-0.3, -0.25) is 0 Å². The van der Waals surface area contributed by atoms with Gasteiger partial charge in [0.15, 0.2) is 11.5 Å². The molecule has 4 heteroatoms. The van der Waals surface area contributed by atoms with Crippen molar-refractivity contribution in [2.45, 2.75) is 12.8 Å². The number of rotatable bonds is 6. The Bertz CT molecular complexity index is 552. The third-order valence-corrected chi connectivity index (χ3v) is 2.91. The maximum atomic E-state index is 10.1. The highest BCUT2D eigenvalue weighted by atomic mass is 16.5. The molecule has 20 heavy (non-hydrogen) atoms. The number of aryl methyl sites for hydroxylation is 1. The minimum Gasteiger partial charge on any atom is -0.502 e. The molecule has 0 aromatic heterocycles. The third-order valence-electron chi connectivity index (χ3n) is 2.91. The molecule has 0 radical (unpaired) electrons. The molecule has 0 heterocycles. The number of aliphatic hydroxyl groups excluding tert-OH is 1. The minimum absolute atomic E-state index is 0.0240. The predicted molar refractivity (Wildman–Crippen MR) is 76.6 cm³/mol. The van der Waals surface area contributed by atoms with Gasteiger partial charge in [0.05, 0.1) is 7.11 Å². The van der Waals surface area contributed by atoms with Crippen LogP contribution in [0.4, 0.5) is 0 Å². The predicted octanol–water partition coefficient (Wildman–Crippen LogP) is 3.12. The maximum absolute atomic E-state index is 10.1. The second kappa shape index (κ2) is 6.82. The number of aliphatic hydroxyl groups is 1. The summed E-state index contributed by atoms with van der Waals surface area (Å²) in [6.45, 7) is 0.123. The zero-order chi connectivity index (χ0) is 14.4. The standard InChI is InChI=1S/C16H18O4/c1-19-14-10-12(6-5-9-17)11-15(16(14)18)20-13-7-3-2-4-8-13/h2-4,7-8,10-11,17-18H,5-6,9H2,1H3. The van der Waals surface area contributed by atoms with E-state index in [1.807, 2.05) is 30.3 Å². The molecule has 4 nitrogen and oxygen atoms in total. The maximum Gasteiger partial charge on any atom is 0.201 e. The van der Waals surface area contributed by atoms with E-state index >= 15 is 0 Å². The largest absolute Gasteiger partial charge is 0.502 e. The number of hydrogen-bond acceptors (Lipinski definition) is 4. The first-order valence-electron chi connectivity index (χ1n) is 6.48. The number of ether oxygens (including phenoxy) is 2. The quantitative estimate of drug-likeness (QED) is 0.849. The topological polar surface area (TPSA) is 58.9 Å². The molecule has 0 bridgehead atoms. The van der Waals surface area contributed by atoms with Crippen LogP contribution in [0.15, 0.2) is 42.5 Å². The van der Waals surface area contributed by atoms with E-state index in [1.165, 1.54) is 7.11 Å². The molecule has 2 rings (SSSR count). The summed E-state index contributed by atoms with van der Waals surface area (Å²) in [5, 5.41) is 19.0. The zero-order valence-electron chi connectivity index (χ0n) is 11.4. The molecule has 106 valence electrons. The molecule has 0 saturated heterocycles. The highest BCUT2D eigenvalue weighted by Gasteiger charge is 2.12. The SMILES string of the molecule is COc1cc(CCCO)cc(Oc2ccccc2)c1O. The van der Waals surface area contributed by atoms with Gasteiger partial charge in [-0.25, -0.2) is 0 Å². The highest BCUT2D eigenvalue weighted by Crippen LogP contribution is 2.39. The van der Waals surface area contributed by atoms with E-state index in [4.69, 9.17) is 14.6 Å². The molecule has 0 spiro atoms. The van der Waals surface area contributed by atoms with Gasteiger partial charge in [0.1, 0.15) is 5.75 Å². The van der Waals surface area contributed by atoms with E-state index in [2.05, 4.69) is 0 Å². The van der Waals surface area contributed by atoms with E-state index in [9.17, 15) is 5.11 Å². The van der Waals surface area contributed by atoms with Crippen molar-refractivity contribution in [3.8, 4) is 23.0 Å². The lowest BCUT2D eigenvalue weighted by Gasteiger charge is -2.13. The molecule has 0 aliphatic rings. The fourth-order valence-electron chi connectivity index (χ4n) is 1.91. The summed E-state index contributed by atoms with van der Waals surface area (Å²) in [6.07, 6.45) is 1.34. The van der Waals surface area contributed by atoms with E-state index in [0.29, 0.717) is 30.1 Å². The van der Waals surface area contributed by atoms with Crippen LogP contribution in [-0.2, 0) is 6.42 Å². The van der Waals surface area contributed by atoms with Gasteiger partial charge in [0.25, 0.3) is 0 Å². The van der Waals surface area contributed by atoms with E-state index in [1.54, 1.807) is 12.1 Å². The summed E-state index contributed by atoms with van der Waals surface area (Å²) in [4.78, 5) is 0. The zero-order valence-corrected chi connectivity index (χ0v) is 11.4. The van der Waals surface area contributed by atoms with Gasteiger partial charge < -0.3 is 19.7 Å². The van der Waals surface area contributed by atoms with Gasteiger partial charge in [-0.1, -0.05) is 18.2 Å². The van der Waals surface area contributed by atoms with Crippen LogP contribution >= 0.6 is 0 Å². The number of phenols is 1. The smallest absolute Gasteiger partial charge is 0.201 e. The van der Waals surface area contributed by atoms with Crippen LogP contribution in [0, 0.1) is 0 Å². The second-order valence-corrected chi connectivity index (χ2v) is 4.39. The average Bonchev–Trinajstić information content (AvgIpc) is 2.49. The van der Waals surface area contributed by atoms with Gasteiger partial charge >= 0.3 is 0 Å². The summed E-state index contributed by atoms with van der Waals surface area (Å²) in [5.41, 5.74) is 0.944. The van der Waals surface area contributed by atoms with Crippen molar-refractivity contribution < 1.29 is 19.7 Å². The lowest BCUT2D eigenvalue weighted by Crippen LogP contribution is -1.94. The monoisotopic (exact) mass is 274 g/mol. The van der Waals surface area contributed by atoms with E-state index in [0.717, 1.165) is 5.56 Å². The molecule has 0 aliphatic heterocycles. The molecule has 0 fully saturated rings. The summed E-state index contributed by atoms with van der Waals surface area (Å²) in [7, 11) is 1.50. The molecule has 2 aromatic carbocycles. The number of aromatic hydroxyl groups is 1. The third kappa shape index (κ3) is 3.42. The minimum atomic E-state index is -0.0240. The van der Waals surface area contributed by atoms with E-state index < -0.39 is 0 Å². The van der Waals surface area contributed by atoms with Crippen LogP contribution in [-0.4, -0.2) is 23.9 Å². The van der Waals surface area contributed by atoms with Crippen molar-refractivity contribution in [2.75, 3.05) is 13.7 Å². The normalized spacial score (nSPS) is 10.3. The summed E-state index contributed by atoms with van der Waals surface area (Å²) >= 11 is 0. The van der Waals surface area contributed by atoms with Crippen LogP contribution in [0.1, 0.15) is 12.0 Å². The second-order valence-electron chi connectivity index (χ2n) is 4.39. The molecule has 0 amide bonds. The van der Waals surface area contributed by atoms with Crippen molar-refractivity contribution >= 4 is 0 Å². The Balaban J connectivity index is 2.30. The number of phenolic OH excluding ortho intramolecular Hbond substituents is 1. The van der Waals surface area contributed by atoms with Gasteiger partial charge in [-0.05, 0) is 42.7 Å². The molecule has 2 aromatic rings. The number of benzene rings is 2. The Hall–Kier alpha value is -2.20. The van der Waals surface area contributed by atoms with Gasteiger partial charge in [0.2, 0.25) is 5.75 Å². The lowest BCUT2D eigenvalue weighted by molar-refractivity contribution is 0.288. The van der Waals surface area contributed by atoms with Crippen LogP contribution < -0.4 is 9.47 Å². The molecule has 2 N–H and O–H groups in total. The molecule has 0 aliphatic carbocycles. The van der Waals surface area contributed by atoms with Crippen molar-refractivity contribution in [1.82, 2.24) is 0 Å². The first kappa shape index (κ1) is 14.2. The molecule has 0 atom stereocenters. The number of methoxy groups -OCH3 is 1. The van der Waals surface area contributed by atoms with Crippen LogP contribution in [0.3, 0.4) is 0 Å². The van der Waals surface area contributed by atoms with Crippen LogP contribution in [0.5, 0.6) is 23.0 Å².